The third-order valence-electron chi connectivity index (χ3n) is 5.32. The number of carbonyl (C=O) groups is 2. The number of hydrogen-bond acceptors (Lipinski definition) is 6. The first-order chi connectivity index (χ1) is 13.6. The average molecular weight is 377 g/mol. The van der Waals surface area contributed by atoms with E-state index in [1.165, 1.54) is 4.90 Å². The van der Waals surface area contributed by atoms with Gasteiger partial charge in [-0.25, -0.2) is 14.7 Å². The standard InChI is InChI=1S/C19H19N7O2/c1-24-10-14(9-22-24)15-5-12-6-17(21-8-13(12)7-20-15)23-19(28)26-11-25-4-2-3-16(25)18(26)27/h5-10,16H,2-4,11H2,1H3,(H,21,23,28)/t16-/m1/s1. The van der Waals surface area contributed by atoms with Crippen LogP contribution in [0.25, 0.3) is 22.0 Å². The second-order valence-corrected chi connectivity index (χ2v) is 7.20. The highest BCUT2D eigenvalue weighted by molar-refractivity contribution is 6.04. The van der Waals surface area contributed by atoms with E-state index in [0.29, 0.717) is 12.5 Å². The number of hydrogen-bond donors (Lipinski definition) is 1. The minimum atomic E-state index is -0.437. The van der Waals surface area contributed by atoms with Gasteiger partial charge in [-0.15, -0.1) is 0 Å². The van der Waals surface area contributed by atoms with Crippen LogP contribution in [0.15, 0.2) is 36.9 Å². The lowest BCUT2D eigenvalue weighted by atomic mass is 10.1. The molecule has 1 atom stereocenters. The summed E-state index contributed by atoms with van der Waals surface area (Å²) in [5.74, 6) is 0.277. The topological polar surface area (TPSA) is 96.2 Å². The van der Waals surface area contributed by atoms with Gasteiger partial charge in [-0.2, -0.15) is 5.10 Å². The summed E-state index contributed by atoms with van der Waals surface area (Å²) in [6.07, 6.45) is 8.88. The smallest absolute Gasteiger partial charge is 0.292 e. The van der Waals surface area contributed by atoms with Gasteiger partial charge in [0.1, 0.15) is 5.82 Å². The monoisotopic (exact) mass is 377 g/mol. The van der Waals surface area contributed by atoms with Crippen molar-refractivity contribution in [3.8, 4) is 11.3 Å². The first-order valence-electron chi connectivity index (χ1n) is 9.20. The highest BCUT2D eigenvalue weighted by atomic mass is 16.2. The van der Waals surface area contributed by atoms with E-state index in [2.05, 4.69) is 20.4 Å². The van der Waals surface area contributed by atoms with Gasteiger partial charge in [0.15, 0.2) is 0 Å². The molecule has 3 aromatic heterocycles. The number of carbonyl (C=O) groups excluding carboxylic acids is 2. The highest BCUT2D eigenvalue weighted by Gasteiger charge is 2.43. The number of nitrogens with one attached hydrogen (secondary N) is 1. The molecule has 0 aromatic carbocycles. The van der Waals surface area contributed by atoms with Crippen molar-refractivity contribution in [2.45, 2.75) is 18.9 Å². The Bertz CT molecular complexity index is 1090. The van der Waals surface area contributed by atoms with Crippen LogP contribution in [-0.2, 0) is 11.8 Å². The molecule has 28 heavy (non-hydrogen) atoms. The van der Waals surface area contributed by atoms with Gasteiger partial charge in [0.25, 0.3) is 0 Å². The molecule has 0 bridgehead atoms. The molecule has 3 amide bonds. The fourth-order valence-electron chi connectivity index (χ4n) is 3.87. The van der Waals surface area contributed by atoms with E-state index >= 15 is 0 Å². The Labute approximate surface area is 161 Å². The summed E-state index contributed by atoms with van der Waals surface area (Å²) < 4.78 is 1.72. The molecular formula is C19H19N7O2. The van der Waals surface area contributed by atoms with Gasteiger partial charge >= 0.3 is 6.03 Å². The molecule has 0 spiro atoms. The number of urea groups is 1. The number of fused-ring (bicyclic) bond motifs is 2. The number of aromatic nitrogens is 4. The van der Waals surface area contributed by atoms with Crippen LogP contribution in [0, 0.1) is 0 Å². The van der Waals surface area contributed by atoms with Crippen molar-refractivity contribution < 1.29 is 9.59 Å². The second kappa shape index (κ2) is 6.38. The normalized spacial score (nSPS) is 19.4. The third kappa shape index (κ3) is 2.80. The molecule has 5 heterocycles. The van der Waals surface area contributed by atoms with Gasteiger partial charge < -0.3 is 0 Å². The Hall–Kier alpha value is -3.33. The predicted octanol–water partition coefficient (Wildman–Crippen LogP) is 1.83. The molecule has 2 aliphatic heterocycles. The van der Waals surface area contributed by atoms with Gasteiger partial charge in [-0.05, 0) is 30.4 Å². The summed E-state index contributed by atoms with van der Waals surface area (Å²) in [7, 11) is 1.85. The van der Waals surface area contributed by atoms with Gasteiger partial charge in [0, 0.05) is 43.1 Å². The van der Waals surface area contributed by atoms with E-state index in [-0.39, 0.29) is 11.9 Å². The summed E-state index contributed by atoms with van der Waals surface area (Å²) in [4.78, 5) is 37.0. The Balaban J connectivity index is 1.38. The number of imide groups is 1. The van der Waals surface area contributed by atoms with Crippen molar-refractivity contribution in [1.29, 1.82) is 0 Å². The van der Waals surface area contributed by atoms with E-state index in [9.17, 15) is 9.59 Å². The lowest BCUT2D eigenvalue weighted by Crippen LogP contribution is -2.38. The summed E-state index contributed by atoms with van der Waals surface area (Å²) in [6, 6.07) is 3.13. The Morgan fingerprint density at radius 1 is 1.18 bits per heavy atom. The third-order valence-corrected chi connectivity index (χ3v) is 5.32. The van der Waals surface area contributed by atoms with Crippen LogP contribution in [0.1, 0.15) is 12.8 Å². The summed E-state index contributed by atoms with van der Waals surface area (Å²) >= 11 is 0. The molecular weight excluding hydrogens is 358 g/mol. The SMILES string of the molecule is Cn1cc(-c2cc3cc(NC(=O)N4CN5CCC[C@@H]5C4=O)ncc3cn2)cn1. The highest BCUT2D eigenvalue weighted by Crippen LogP contribution is 2.26. The lowest BCUT2D eigenvalue weighted by molar-refractivity contribution is -0.126. The zero-order valence-corrected chi connectivity index (χ0v) is 15.4. The number of anilines is 1. The van der Waals surface area contributed by atoms with Crippen LogP contribution in [-0.4, -0.2) is 60.7 Å². The van der Waals surface area contributed by atoms with Crippen molar-refractivity contribution in [1.82, 2.24) is 29.5 Å². The number of aryl methyl sites for hydroxylation is 1. The molecule has 0 aliphatic carbocycles. The van der Waals surface area contributed by atoms with E-state index in [1.807, 2.05) is 24.2 Å². The summed E-state index contributed by atoms with van der Waals surface area (Å²) in [5, 5.41) is 8.68. The van der Waals surface area contributed by atoms with Crippen molar-refractivity contribution in [3.63, 3.8) is 0 Å². The molecule has 2 aliphatic rings. The molecule has 0 unspecified atom stereocenters. The molecule has 142 valence electrons. The maximum absolute atomic E-state index is 12.6. The number of amides is 3. The molecule has 9 heteroatoms. The molecule has 3 aromatic rings. The van der Waals surface area contributed by atoms with E-state index in [0.717, 1.165) is 41.4 Å². The maximum Gasteiger partial charge on any atom is 0.330 e. The van der Waals surface area contributed by atoms with E-state index in [1.54, 1.807) is 29.3 Å². The van der Waals surface area contributed by atoms with Crippen molar-refractivity contribution >= 4 is 28.5 Å². The molecule has 9 nitrogen and oxygen atoms in total. The van der Waals surface area contributed by atoms with Crippen LogP contribution in [0.2, 0.25) is 0 Å². The minimum Gasteiger partial charge on any atom is -0.292 e. The summed E-state index contributed by atoms with van der Waals surface area (Å²) in [6.45, 7) is 1.20. The predicted molar refractivity (Wildman–Crippen MR) is 102 cm³/mol. The Morgan fingerprint density at radius 2 is 2.04 bits per heavy atom. The lowest BCUT2D eigenvalue weighted by Gasteiger charge is -2.16. The molecule has 2 fully saturated rings. The van der Waals surface area contributed by atoms with Crippen LogP contribution in [0.4, 0.5) is 10.6 Å². The number of rotatable bonds is 2. The van der Waals surface area contributed by atoms with Crippen molar-refractivity contribution in [2.24, 2.45) is 7.05 Å². The molecule has 0 saturated carbocycles. The first-order valence-corrected chi connectivity index (χ1v) is 9.20. The van der Waals surface area contributed by atoms with E-state index in [4.69, 9.17) is 0 Å². The van der Waals surface area contributed by atoms with Crippen LogP contribution in [0.5, 0.6) is 0 Å². The first kappa shape index (κ1) is 16.8. The maximum atomic E-state index is 12.6. The number of nitrogens with zero attached hydrogens (tertiary/aromatic N) is 6. The molecule has 0 radical (unpaired) electrons. The molecule has 2 saturated heterocycles. The van der Waals surface area contributed by atoms with Crippen molar-refractivity contribution in [2.75, 3.05) is 18.5 Å². The molecule has 1 N–H and O–H groups in total. The largest absolute Gasteiger partial charge is 0.330 e. The Kier molecular flexibility index (Phi) is 3.83. The zero-order valence-electron chi connectivity index (χ0n) is 15.4. The van der Waals surface area contributed by atoms with Crippen LogP contribution >= 0.6 is 0 Å². The van der Waals surface area contributed by atoms with Gasteiger partial charge in [-0.1, -0.05) is 0 Å². The number of pyridine rings is 2. The zero-order chi connectivity index (χ0) is 19.3. The van der Waals surface area contributed by atoms with E-state index < -0.39 is 6.03 Å². The van der Waals surface area contributed by atoms with Gasteiger partial charge in [-0.3, -0.25) is 24.7 Å². The average Bonchev–Trinajstić information content (AvgIpc) is 3.39. The van der Waals surface area contributed by atoms with Gasteiger partial charge in [0.05, 0.1) is 24.6 Å². The molecule has 5 rings (SSSR count). The Morgan fingerprint density at radius 3 is 2.82 bits per heavy atom. The fraction of sp³-hybridized carbons (Fsp3) is 0.316. The minimum absolute atomic E-state index is 0.126. The van der Waals surface area contributed by atoms with Crippen molar-refractivity contribution in [3.05, 3.63) is 36.9 Å². The fourth-order valence-corrected chi connectivity index (χ4v) is 3.87. The second-order valence-electron chi connectivity index (χ2n) is 7.20. The van der Waals surface area contributed by atoms with Crippen LogP contribution < -0.4 is 5.32 Å². The summed E-state index contributed by atoms with van der Waals surface area (Å²) in [5.41, 5.74) is 1.70. The van der Waals surface area contributed by atoms with Gasteiger partial charge in [0.2, 0.25) is 5.91 Å². The quantitative estimate of drug-likeness (QED) is 0.732. The van der Waals surface area contributed by atoms with Crippen LogP contribution in [0.3, 0.4) is 0 Å².